The zero-order valence-corrected chi connectivity index (χ0v) is 26.3. The standard InChI is InChI=1S/C30H24I2N2O4S/c1-3-37-29(36)26-18(2)33-30-34(27(26)21-10-5-4-6-11-21)28(35)25(39-30)15-19-8-7-9-20(14-19)17-38-24-13-12-22(31)16-23(24)32/h4-16,27H,3,17H2,1-2H3/b25-15-/t27-/m0/s1. The minimum Gasteiger partial charge on any atom is -0.488 e. The molecule has 0 N–H and O–H groups in total. The van der Waals surface area contributed by atoms with E-state index >= 15 is 0 Å². The Morgan fingerprint density at radius 2 is 1.87 bits per heavy atom. The smallest absolute Gasteiger partial charge is 0.338 e. The number of thiazole rings is 1. The van der Waals surface area contributed by atoms with Gasteiger partial charge in [0.1, 0.15) is 12.4 Å². The molecule has 0 spiro atoms. The van der Waals surface area contributed by atoms with Crippen LogP contribution < -0.4 is 19.6 Å². The highest BCUT2D eigenvalue weighted by molar-refractivity contribution is 14.1. The van der Waals surface area contributed by atoms with Crippen LogP contribution in [0, 0.1) is 7.14 Å². The predicted molar refractivity (Wildman–Crippen MR) is 169 cm³/mol. The molecule has 39 heavy (non-hydrogen) atoms. The Balaban J connectivity index is 1.52. The summed E-state index contributed by atoms with van der Waals surface area (Å²) in [7, 11) is 0. The molecule has 3 aromatic carbocycles. The number of allylic oxidation sites excluding steroid dienone is 1. The van der Waals surface area contributed by atoms with Crippen molar-refractivity contribution in [2.75, 3.05) is 6.61 Å². The molecule has 9 heteroatoms. The van der Waals surface area contributed by atoms with Gasteiger partial charge in [-0.1, -0.05) is 59.9 Å². The summed E-state index contributed by atoms with van der Waals surface area (Å²) in [6.07, 6.45) is 1.87. The van der Waals surface area contributed by atoms with Crippen LogP contribution in [0.1, 0.15) is 36.6 Å². The highest BCUT2D eigenvalue weighted by Gasteiger charge is 2.33. The van der Waals surface area contributed by atoms with Crippen LogP contribution in [-0.4, -0.2) is 17.1 Å². The molecule has 4 aromatic rings. The molecule has 0 unspecified atom stereocenters. The predicted octanol–water partition coefficient (Wildman–Crippen LogP) is 5.59. The van der Waals surface area contributed by atoms with E-state index in [2.05, 4.69) is 56.2 Å². The number of esters is 1. The van der Waals surface area contributed by atoms with E-state index in [0.29, 0.717) is 27.2 Å². The summed E-state index contributed by atoms with van der Waals surface area (Å²) in [5.41, 5.74) is 3.44. The Hall–Kier alpha value is -2.77. The Morgan fingerprint density at radius 3 is 2.62 bits per heavy atom. The fourth-order valence-corrected chi connectivity index (χ4v) is 7.22. The zero-order valence-electron chi connectivity index (χ0n) is 21.2. The highest BCUT2D eigenvalue weighted by atomic mass is 127. The number of nitrogens with zero attached hydrogens (tertiary/aromatic N) is 2. The van der Waals surface area contributed by atoms with Gasteiger partial charge < -0.3 is 9.47 Å². The Kier molecular flexibility index (Phi) is 8.67. The largest absolute Gasteiger partial charge is 0.488 e. The van der Waals surface area contributed by atoms with Crippen LogP contribution in [0.3, 0.4) is 0 Å². The number of carbonyl (C=O) groups is 1. The normalized spacial score (nSPS) is 15.1. The number of carbonyl (C=O) groups excluding carboxylic acids is 1. The van der Waals surface area contributed by atoms with Gasteiger partial charge in [-0.25, -0.2) is 9.79 Å². The summed E-state index contributed by atoms with van der Waals surface area (Å²) < 4.78 is 15.8. The summed E-state index contributed by atoms with van der Waals surface area (Å²) in [6, 6.07) is 22.9. The second kappa shape index (κ2) is 12.2. The molecule has 0 radical (unpaired) electrons. The minimum absolute atomic E-state index is 0.197. The SMILES string of the molecule is CCOC(=O)C1=C(C)N=c2s/c(=C\c3cccc(COc4ccc(I)cc4I)c3)c(=O)n2[C@H]1c1ccccc1. The summed E-state index contributed by atoms with van der Waals surface area (Å²) in [6.45, 7) is 4.21. The lowest BCUT2D eigenvalue weighted by Gasteiger charge is -2.24. The van der Waals surface area contributed by atoms with Crippen molar-refractivity contribution in [2.24, 2.45) is 4.99 Å². The number of hydrogen-bond donors (Lipinski definition) is 0. The number of ether oxygens (including phenoxy) is 2. The Bertz CT molecular complexity index is 1760. The van der Waals surface area contributed by atoms with E-state index in [1.807, 2.05) is 72.8 Å². The summed E-state index contributed by atoms with van der Waals surface area (Å²) in [5, 5.41) is 0. The van der Waals surface area contributed by atoms with Crippen LogP contribution in [0.4, 0.5) is 0 Å². The average molecular weight is 762 g/mol. The van der Waals surface area contributed by atoms with E-state index in [9.17, 15) is 9.59 Å². The second-order valence-electron chi connectivity index (χ2n) is 8.82. The monoisotopic (exact) mass is 762 g/mol. The molecular weight excluding hydrogens is 738 g/mol. The number of fused-ring (bicyclic) bond motifs is 1. The molecule has 0 aliphatic carbocycles. The van der Waals surface area contributed by atoms with Crippen molar-refractivity contribution in [2.45, 2.75) is 26.5 Å². The number of benzene rings is 3. The van der Waals surface area contributed by atoms with Crippen molar-refractivity contribution in [3.05, 3.63) is 128 Å². The van der Waals surface area contributed by atoms with Crippen LogP contribution in [0.2, 0.25) is 0 Å². The van der Waals surface area contributed by atoms with Crippen molar-refractivity contribution in [1.82, 2.24) is 4.57 Å². The van der Waals surface area contributed by atoms with Crippen molar-refractivity contribution >= 4 is 68.6 Å². The number of halogens is 2. The van der Waals surface area contributed by atoms with Crippen molar-refractivity contribution < 1.29 is 14.3 Å². The average Bonchev–Trinajstić information content (AvgIpc) is 3.22. The van der Waals surface area contributed by atoms with Crippen molar-refractivity contribution in [3.8, 4) is 5.75 Å². The lowest BCUT2D eigenvalue weighted by atomic mass is 9.96. The van der Waals surface area contributed by atoms with E-state index in [0.717, 1.165) is 29.6 Å². The van der Waals surface area contributed by atoms with Gasteiger partial charge >= 0.3 is 5.97 Å². The van der Waals surface area contributed by atoms with Crippen LogP contribution in [-0.2, 0) is 16.1 Å². The topological polar surface area (TPSA) is 69.9 Å². The molecule has 2 heterocycles. The molecule has 0 saturated heterocycles. The first kappa shape index (κ1) is 27.8. The maximum atomic E-state index is 13.8. The molecule has 6 nitrogen and oxygen atoms in total. The fourth-order valence-electron chi connectivity index (χ4n) is 4.42. The van der Waals surface area contributed by atoms with Gasteiger partial charge in [0.15, 0.2) is 4.80 Å². The molecule has 0 fully saturated rings. The maximum Gasteiger partial charge on any atom is 0.338 e. The molecule has 1 aromatic heterocycles. The van der Waals surface area contributed by atoms with Crippen LogP contribution >= 0.6 is 56.5 Å². The third-order valence-electron chi connectivity index (χ3n) is 6.17. The lowest BCUT2D eigenvalue weighted by Crippen LogP contribution is -2.39. The summed E-state index contributed by atoms with van der Waals surface area (Å²) in [4.78, 5) is 32.0. The fraction of sp³-hybridized carbons (Fsp3) is 0.167. The van der Waals surface area contributed by atoms with E-state index in [4.69, 9.17) is 9.47 Å². The second-order valence-corrected chi connectivity index (χ2v) is 12.2. The van der Waals surface area contributed by atoms with Crippen LogP contribution in [0.25, 0.3) is 6.08 Å². The number of aromatic nitrogens is 1. The number of hydrogen-bond acceptors (Lipinski definition) is 6. The van der Waals surface area contributed by atoms with Gasteiger partial charge in [0.25, 0.3) is 5.56 Å². The molecular formula is C30H24I2N2O4S. The van der Waals surface area contributed by atoms with Gasteiger partial charge in [-0.15, -0.1) is 0 Å². The van der Waals surface area contributed by atoms with Gasteiger partial charge in [-0.2, -0.15) is 0 Å². The molecule has 1 aliphatic rings. The van der Waals surface area contributed by atoms with Gasteiger partial charge in [0.05, 0.1) is 32.0 Å². The third-order valence-corrected chi connectivity index (χ3v) is 8.67. The summed E-state index contributed by atoms with van der Waals surface area (Å²) in [5.74, 6) is 0.376. The Labute approximate surface area is 257 Å². The van der Waals surface area contributed by atoms with E-state index in [1.165, 1.54) is 11.3 Å². The van der Waals surface area contributed by atoms with E-state index in [-0.39, 0.29) is 12.2 Å². The summed E-state index contributed by atoms with van der Waals surface area (Å²) >= 11 is 5.87. The first-order chi connectivity index (χ1) is 18.9. The van der Waals surface area contributed by atoms with Gasteiger partial charge in [0.2, 0.25) is 0 Å². The van der Waals surface area contributed by atoms with Gasteiger partial charge in [0, 0.05) is 3.57 Å². The molecule has 0 saturated carbocycles. The molecule has 0 amide bonds. The molecule has 0 bridgehead atoms. The zero-order chi connectivity index (χ0) is 27.5. The molecule has 1 atom stereocenters. The molecule has 198 valence electrons. The maximum absolute atomic E-state index is 13.8. The first-order valence-corrected chi connectivity index (χ1v) is 15.2. The quantitative estimate of drug-likeness (QED) is 0.182. The highest BCUT2D eigenvalue weighted by Crippen LogP contribution is 2.30. The van der Waals surface area contributed by atoms with Crippen molar-refractivity contribution in [1.29, 1.82) is 0 Å². The van der Waals surface area contributed by atoms with Crippen molar-refractivity contribution in [3.63, 3.8) is 0 Å². The number of rotatable bonds is 7. The van der Waals surface area contributed by atoms with Gasteiger partial charge in [-0.3, -0.25) is 9.36 Å². The molecule has 5 rings (SSSR count). The van der Waals surface area contributed by atoms with Crippen LogP contribution in [0.5, 0.6) is 5.75 Å². The minimum atomic E-state index is -0.611. The van der Waals surface area contributed by atoms with Gasteiger partial charge in [-0.05, 0) is 106 Å². The third kappa shape index (κ3) is 6.04. The van der Waals surface area contributed by atoms with Crippen LogP contribution in [0.15, 0.2) is 93.9 Å². The van der Waals surface area contributed by atoms with E-state index < -0.39 is 12.0 Å². The first-order valence-electron chi connectivity index (χ1n) is 12.3. The van der Waals surface area contributed by atoms with E-state index in [1.54, 1.807) is 18.4 Å². The Morgan fingerprint density at radius 1 is 1.08 bits per heavy atom. The lowest BCUT2D eigenvalue weighted by molar-refractivity contribution is -0.139. The molecule has 1 aliphatic heterocycles.